The zero-order valence-electron chi connectivity index (χ0n) is 10.5. The first-order valence-corrected chi connectivity index (χ1v) is 6.60. The second-order valence-electron chi connectivity index (χ2n) is 4.27. The van der Waals surface area contributed by atoms with Gasteiger partial charge in [0.05, 0.1) is 18.3 Å². The van der Waals surface area contributed by atoms with Crippen LogP contribution in [0.4, 0.5) is 11.5 Å². The number of aryl methyl sites for hydroxylation is 1. The van der Waals surface area contributed by atoms with E-state index in [2.05, 4.69) is 26.2 Å². The van der Waals surface area contributed by atoms with Crippen LogP contribution >= 0.6 is 15.9 Å². The topological polar surface area (TPSA) is 68.0 Å². The van der Waals surface area contributed by atoms with Crippen molar-refractivity contribution in [1.82, 2.24) is 4.98 Å². The summed E-state index contributed by atoms with van der Waals surface area (Å²) in [5, 5.41) is 2.74. The van der Waals surface area contributed by atoms with E-state index in [-0.39, 0.29) is 5.91 Å². The number of rotatable bonds is 3. The fourth-order valence-corrected chi connectivity index (χ4v) is 2.08. The summed E-state index contributed by atoms with van der Waals surface area (Å²) in [6, 6.07) is 9.27. The van der Waals surface area contributed by atoms with Gasteiger partial charge < -0.3 is 11.1 Å². The Labute approximate surface area is 120 Å². The number of carbonyl (C=O) groups excluding carboxylic acids is 1. The molecule has 0 fully saturated rings. The van der Waals surface area contributed by atoms with Crippen molar-refractivity contribution in [3.05, 3.63) is 52.1 Å². The lowest BCUT2D eigenvalue weighted by Gasteiger charge is -2.07. The molecule has 0 saturated carbocycles. The Kier molecular flexibility index (Phi) is 4.16. The number of nitrogen functional groups attached to an aromatic ring is 1. The number of nitrogens with zero attached hydrogens (tertiary/aromatic N) is 1. The van der Waals surface area contributed by atoms with Gasteiger partial charge in [0, 0.05) is 4.47 Å². The van der Waals surface area contributed by atoms with E-state index in [1.807, 2.05) is 25.1 Å². The summed E-state index contributed by atoms with van der Waals surface area (Å²) in [6.07, 6.45) is 1.83. The van der Waals surface area contributed by atoms with Gasteiger partial charge in [-0.05, 0) is 42.3 Å². The van der Waals surface area contributed by atoms with Gasteiger partial charge in [0.15, 0.2) is 0 Å². The number of carbonyl (C=O) groups is 1. The van der Waals surface area contributed by atoms with Gasteiger partial charge in [-0.2, -0.15) is 0 Å². The lowest BCUT2D eigenvalue weighted by atomic mass is 10.1. The third-order valence-corrected chi connectivity index (χ3v) is 3.21. The van der Waals surface area contributed by atoms with E-state index in [0.717, 1.165) is 15.6 Å². The number of hydrogen-bond donors (Lipinski definition) is 2. The minimum atomic E-state index is -0.0986. The molecule has 5 heteroatoms. The Morgan fingerprint density at radius 1 is 1.37 bits per heavy atom. The van der Waals surface area contributed by atoms with E-state index in [1.165, 1.54) is 6.20 Å². The molecule has 0 aliphatic rings. The Morgan fingerprint density at radius 2 is 2.16 bits per heavy atom. The van der Waals surface area contributed by atoms with Gasteiger partial charge in [0.2, 0.25) is 5.91 Å². The third-order valence-electron chi connectivity index (χ3n) is 2.72. The van der Waals surface area contributed by atoms with E-state index >= 15 is 0 Å². The quantitative estimate of drug-likeness (QED) is 0.914. The average molecular weight is 320 g/mol. The fourth-order valence-electron chi connectivity index (χ4n) is 1.67. The Morgan fingerprint density at radius 3 is 2.84 bits per heavy atom. The molecular weight excluding hydrogens is 306 g/mol. The number of aromatic nitrogens is 1. The zero-order valence-corrected chi connectivity index (χ0v) is 12.1. The normalized spacial score (nSPS) is 10.2. The van der Waals surface area contributed by atoms with Crippen LogP contribution in [-0.4, -0.2) is 10.9 Å². The van der Waals surface area contributed by atoms with Crippen LogP contribution in [0.3, 0.4) is 0 Å². The molecule has 1 aromatic heterocycles. The van der Waals surface area contributed by atoms with Crippen molar-refractivity contribution < 1.29 is 4.79 Å². The number of pyridine rings is 1. The van der Waals surface area contributed by atoms with Crippen molar-refractivity contribution in [3.63, 3.8) is 0 Å². The highest BCUT2D eigenvalue weighted by Gasteiger charge is 2.07. The van der Waals surface area contributed by atoms with Crippen LogP contribution in [0.15, 0.2) is 41.0 Å². The minimum Gasteiger partial charge on any atom is -0.397 e. The van der Waals surface area contributed by atoms with Gasteiger partial charge in [0.25, 0.3) is 0 Å². The van der Waals surface area contributed by atoms with Crippen molar-refractivity contribution >= 4 is 33.3 Å². The van der Waals surface area contributed by atoms with Gasteiger partial charge in [-0.15, -0.1) is 0 Å². The maximum absolute atomic E-state index is 11.9. The van der Waals surface area contributed by atoms with Crippen LogP contribution in [0.2, 0.25) is 0 Å². The fraction of sp³-hybridized carbons (Fsp3) is 0.143. The van der Waals surface area contributed by atoms with E-state index in [4.69, 9.17) is 5.73 Å². The summed E-state index contributed by atoms with van der Waals surface area (Å²) in [5.74, 6) is 0.408. The molecule has 1 aromatic carbocycles. The molecule has 1 amide bonds. The predicted octanol–water partition coefficient (Wildman–Crippen LogP) is 2.92. The maximum atomic E-state index is 11.9. The average Bonchev–Trinajstić information content (AvgIpc) is 2.37. The monoisotopic (exact) mass is 319 g/mol. The maximum Gasteiger partial charge on any atom is 0.229 e. The molecule has 98 valence electrons. The van der Waals surface area contributed by atoms with Crippen molar-refractivity contribution in [2.75, 3.05) is 11.1 Å². The van der Waals surface area contributed by atoms with E-state index in [9.17, 15) is 4.79 Å². The SMILES string of the molecule is Cc1ccc(Br)cc1CC(=O)Nc1ccc(N)cn1. The Hall–Kier alpha value is -1.88. The summed E-state index contributed by atoms with van der Waals surface area (Å²) < 4.78 is 0.964. The summed E-state index contributed by atoms with van der Waals surface area (Å²) in [7, 11) is 0. The number of nitrogens with one attached hydrogen (secondary N) is 1. The first-order chi connectivity index (χ1) is 9.04. The molecule has 4 nitrogen and oxygen atoms in total. The van der Waals surface area contributed by atoms with Gasteiger partial charge in [-0.1, -0.05) is 22.0 Å². The third kappa shape index (κ3) is 3.79. The van der Waals surface area contributed by atoms with Gasteiger partial charge >= 0.3 is 0 Å². The second kappa shape index (κ2) is 5.84. The predicted molar refractivity (Wildman–Crippen MR) is 79.9 cm³/mol. The number of benzene rings is 1. The summed E-state index contributed by atoms with van der Waals surface area (Å²) in [6.45, 7) is 1.98. The Bertz CT molecular complexity index is 596. The molecule has 0 saturated heterocycles. The molecular formula is C14H14BrN3O. The second-order valence-corrected chi connectivity index (χ2v) is 5.19. The Balaban J connectivity index is 2.05. The van der Waals surface area contributed by atoms with Crippen molar-refractivity contribution in [2.45, 2.75) is 13.3 Å². The zero-order chi connectivity index (χ0) is 13.8. The van der Waals surface area contributed by atoms with Crippen molar-refractivity contribution in [3.8, 4) is 0 Å². The number of nitrogens with two attached hydrogens (primary N) is 1. The molecule has 2 rings (SSSR count). The number of amides is 1. The number of anilines is 2. The van der Waals surface area contributed by atoms with E-state index < -0.39 is 0 Å². The van der Waals surface area contributed by atoms with Crippen LogP contribution < -0.4 is 11.1 Å². The van der Waals surface area contributed by atoms with Crippen LogP contribution in [-0.2, 0) is 11.2 Å². The van der Waals surface area contributed by atoms with Crippen molar-refractivity contribution in [2.24, 2.45) is 0 Å². The molecule has 1 heterocycles. The van der Waals surface area contributed by atoms with Gasteiger partial charge in [-0.25, -0.2) is 4.98 Å². The molecule has 3 N–H and O–H groups in total. The molecule has 0 aliphatic carbocycles. The lowest BCUT2D eigenvalue weighted by Crippen LogP contribution is -2.15. The summed E-state index contributed by atoms with van der Waals surface area (Å²) >= 11 is 3.40. The van der Waals surface area contributed by atoms with Crippen LogP contribution in [0.5, 0.6) is 0 Å². The largest absolute Gasteiger partial charge is 0.397 e. The summed E-state index contributed by atoms with van der Waals surface area (Å²) in [4.78, 5) is 16.0. The van der Waals surface area contributed by atoms with E-state index in [1.54, 1.807) is 12.1 Å². The van der Waals surface area contributed by atoms with Crippen LogP contribution in [0.1, 0.15) is 11.1 Å². The highest BCUT2D eigenvalue weighted by Crippen LogP contribution is 2.17. The molecule has 19 heavy (non-hydrogen) atoms. The molecule has 0 bridgehead atoms. The smallest absolute Gasteiger partial charge is 0.229 e. The van der Waals surface area contributed by atoms with Gasteiger partial charge in [0.1, 0.15) is 5.82 Å². The summed E-state index contributed by atoms with van der Waals surface area (Å²) in [5.41, 5.74) is 8.18. The molecule has 0 spiro atoms. The first kappa shape index (κ1) is 13.5. The lowest BCUT2D eigenvalue weighted by molar-refractivity contribution is -0.115. The molecule has 2 aromatic rings. The van der Waals surface area contributed by atoms with Crippen LogP contribution in [0.25, 0.3) is 0 Å². The highest BCUT2D eigenvalue weighted by atomic mass is 79.9. The minimum absolute atomic E-state index is 0.0986. The van der Waals surface area contributed by atoms with Gasteiger partial charge in [-0.3, -0.25) is 4.79 Å². The molecule has 0 atom stereocenters. The van der Waals surface area contributed by atoms with Crippen molar-refractivity contribution in [1.29, 1.82) is 0 Å². The number of hydrogen-bond acceptors (Lipinski definition) is 3. The standard InChI is InChI=1S/C14H14BrN3O/c1-9-2-3-11(15)6-10(9)7-14(19)18-13-5-4-12(16)8-17-13/h2-6,8H,7,16H2,1H3,(H,17,18,19). The first-order valence-electron chi connectivity index (χ1n) is 5.81. The molecule has 0 unspecified atom stereocenters. The van der Waals surface area contributed by atoms with E-state index in [0.29, 0.717) is 17.9 Å². The number of halogens is 1. The molecule has 0 aliphatic heterocycles. The molecule has 0 radical (unpaired) electrons. The van der Waals surface area contributed by atoms with Crippen LogP contribution in [0, 0.1) is 6.92 Å². The highest BCUT2D eigenvalue weighted by molar-refractivity contribution is 9.10.